The van der Waals surface area contributed by atoms with Gasteiger partial charge in [0.25, 0.3) is 0 Å². The van der Waals surface area contributed by atoms with E-state index in [4.69, 9.17) is 0 Å². The van der Waals surface area contributed by atoms with Crippen LogP contribution in [0.25, 0.3) is 10.9 Å². The minimum Gasteiger partial charge on any atom is -0.358 e. The highest BCUT2D eigenvalue weighted by molar-refractivity contribution is 5.85. The van der Waals surface area contributed by atoms with Gasteiger partial charge in [-0.15, -0.1) is 12.4 Å². The third-order valence-corrected chi connectivity index (χ3v) is 5.41. The molecule has 1 aliphatic rings. The monoisotopic (exact) mass is 387 g/mol. The van der Waals surface area contributed by atoms with Crippen molar-refractivity contribution >= 4 is 29.2 Å². The minimum atomic E-state index is -0.0386. The summed E-state index contributed by atoms with van der Waals surface area (Å²) < 4.78 is 1.79. The summed E-state index contributed by atoms with van der Waals surface area (Å²) in [6.07, 6.45) is 4.71. The zero-order chi connectivity index (χ0) is 18.1. The summed E-state index contributed by atoms with van der Waals surface area (Å²) in [6.45, 7) is 4.29. The van der Waals surface area contributed by atoms with E-state index in [1.54, 1.807) is 4.68 Å². The summed E-state index contributed by atoms with van der Waals surface area (Å²) in [5.74, 6) is 0.281. The molecule has 3 heterocycles. The summed E-state index contributed by atoms with van der Waals surface area (Å²) in [4.78, 5) is 16.1. The molecule has 4 rings (SSSR count). The van der Waals surface area contributed by atoms with Crippen LogP contribution in [0.15, 0.2) is 36.7 Å². The van der Waals surface area contributed by atoms with Crippen LogP contribution in [0.2, 0.25) is 0 Å². The van der Waals surface area contributed by atoms with Crippen LogP contribution in [0.1, 0.15) is 22.7 Å². The zero-order valence-corrected chi connectivity index (χ0v) is 16.5. The van der Waals surface area contributed by atoms with Crippen LogP contribution in [0, 0.1) is 12.8 Å². The number of rotatable bonds is 5. The van der Waals surface area contributed by atoms with Crippen LogP contribution in [-0.4, -0.2) is 40.3 Å². The number of H-pyrrole nitrogens is 1. The maximum absolute atomic E-state index is 12.7. The molecule has 144 valence electrons. The fourth-order valence-corrected chi connectivity index (χ4v) is 4.03. The predicted octanol–water partition coefficient (Wildman–Crippen LogP) is 2.29. The summed E-state index contributed by atoms with van der Waals surface area (Å²) in [5, 5.41) is 12.0. The van der Waals surface area contributed by atoms with Gasteiger partial charge in [0.1, 0.15) is 0 Å². The molecule has 3 aromatic rings. The van der Waals surface area contributed by atoms with E-state index >= 15 is 0 Å². The number of nitrogens with zero attached hydrogens (tertiary/aromatic N) is 2. The van der Waals surface area contributed by atoms with Gasteiger partial charge in [-0.3, -0.25) is 9.48 Å². The molecule has 7 heteroatoms. The molecule has 27 heavy (non-hydrogen) atoms. The molecule has 0 spiro atoms. The zero-order valence-electron chi connectivity index (χ0n) is 15.7. The molecule has 0 aliphatic carbocycles. The first-order valence-electron chi connectivity index (χ1n) is 9.16. The van der Waals surface area contributed by atoms with Gasteiger partial charge in [0, 0.05) is 55.4 Å². The lowest BCUT2D eigenvalue weighted by molar-refractivity contribution is -0.124. The second kappa shape index (κ2) is 8.15. The fraction of sp³-hybridized carbons (Fsp3) is 0.400. The number of carbonyl (C=O) groups is 1. The first-order valence-corrected chi connectivity index (χ1v) is 9.16. The first-order chi connectivity index (χ1) is 12.6. The second-order valence-electron chi connectivity index (χ2n) is 7.13. The Balaban J connectivity index is 0.00000210. The van der Waals surface area contributed by atoms with Gasteiger partial charge in [-0.05, 0) is 30.5 Å². The summed E-state index contributed by atoms with van der Waals surface area (Å²) in [6, 6.07) is 8.32. The molecule has 1 aromatic carbocycles. The highest BCUT2D eigenvalue weighted by atomic mass is 35.5. The van der Waals surface area contributed by atoms with Crippen molar-refractivity contribution in [2.24, 2.45) is 13.0 Å². The molecule has 0 saturated carbocycles. The number of hydrogen-bond donors (Lipinski definition) is 3. The number of aromatic nitrogens is 3. The van der Waals surface area contributed by atoms with E-state index in [1.807, 2.05) is 25.5 Å². The smallest absolute Gasteiger partial charge is 0.225 e. The van der Waals surface area contributed by atoms with Gasteiger partial charge in [-0.2, -0.15) is 5.10 Å². The molecule has 1 aliphatic heterocycles. The number of fused-ring (bicyclic) bond motifs is 1. The lowest BCUT2D eigenvalue weighted by Crippen LogP contribution is -2.35. The number of halogens is 1. The standard InChI is InChI=1S/C20H25N5O.ClH/c1-13-15(16-5-3-4-6-19(16)24-13)7-8-22-20(26)18-11-21-10-17(18)14-9-23-25(2)12-14;/h3-6,9,12,17-18,21,24H,7-8,10-11H2,1-2H3,(H,22,26);1H/t17-,18+;/m1./s1. The molecular formula is C20H26ClN5O. The highest BCUT2D eigenvalue weighted by Gasteiger charge is 2.34. The number of amides is 1. The van der Waals surface area contributed by atoms with E-state index in [2.05, 4.69) is 45.8 Å². The van der Waals surface area contributed by atoms with Crippen molar-refractivity contribution in [1.29, 1.82) is 0 Å². The summed E-state index contributed by atoms with van der Waals surface area (Å²) in [5.41, 5.74) is 4.75. The SMILES string of the molecule is Cc1[nH]c2ccccc2c1CCNC(=O)[C@H]1CNC[C@@H]1c1cnn(C)c1.Cl. The highest BCUT2D eigenvalue weighted by Crippen LogP contribution is 2.28. The van der Waals surface area contributed by atoms with Gasteiger partial charge in [0.05, 0.1) is 12.1 Å². The number of aromatic amines is 1. The van der Waals surface area contributed by atoms with Gasteiger partial charge in [-0.25, -0.2) is 0 Å². The Kier molecular flexibility index (Phi) is 5.87. The normalized spacial score (nSPS) is 19.2. The average Bonchev–Trinajstić information content (AvgIpc) is 3.33. The fourth-order valence-electron chi connectivity index (χ4n) is 4.03. The van der Waals surface area contributed by atoms with Crippen LogP contribution in [0.3, 0.4) is 0 Å². The Morgan fingerprint density at radius 2 is 2.15 bits per heavy atom. The van der Waals surface area contributed by atoms with E-state index in [-0.39, 0.29) is 30.2 Å². The van der Waals surface area contributed by atoms with Crippen molar-refractivity contribution in [1.82, 2.24) is 25.4 Å². The molecule has 3 N–H and O–H groups in total. The molecule has 1 amide bonds. The lowest BCUT2D eigenvalue weighted by Gasteiger charge is -2.17. The van der Waals surface area contributed by atoms with Crippen molar-refractivity contribution < 1.29 is 4.79 Å². The molecule has 1 fully saturated rings. The number of carbonyl (C=O) groups excluding carboxylic acids is 1. The molecule has 0 bridgehead atoms. The molecule has 1 saturated heterocycles. The Bertz CT molecular complexity index is 931. The quantitative estimate of drug-likeness (QED) is 0.628. The molecule has 6 nitrogen and oxygen atoms in total. The number of benzene rings is 1. The van der Waals surface area contributed by atoms with Crippen LogP contribution in [-0.2, 0) is 18.3 Å². The van der Waals surface area contributed by atoms with E-state index in [0.717, 1.165) is 30.6 Å². The first kappa shape index (κ1) is 19.5. The van der Waals surface area contributed by atoms with Gasteiger partial charge < -0.3 is 15.6 Å². The Morgan fingerprint density at radius 3 is 2.93 bits per heavy atom. The maximum Gasteiger partial charge on any atom is 0.225 e. The number of aryl methyl sites for hydroxylation is 2. The molecular weight excluding hydrogens is 362 g/mol. The van der Waals surface area contributed by atoms with E-state index in [1.165, 1.54) is 16.6 Å². The lowest BCUT2D eigenvalue weighted by atomic mass is 9.90. The van der Waals surface area contributed by atoms with Crippen molar-refractivity contribution in [3.05, 3.63) is 53.5 Å². The van der Waals surface area contributed by atoms with Crippen LogP contribution >= 0.6 is 12.4 Å². The molecule has 2 atom stereocenters. The van der Waals surface area contributed by atoms with Crippen molar-refractivity contribution in [3.63, 3.8) is 0 Å². The van der Waals surface area contributed by atoms with Crippen LogP contribution in [0.5, 0.6) is 0 Å². The topological polar surface area (TPSA) is 74.7 Å². The largest absolute Gasteiger partial charge is 0.358 e. The summed E-state index contributed by atoms with van der Waals surface area (Å²) >= 11 is 0. The number of hydrogen-bond acceptors (Lipinski definition) is 3. The van der Waals surface area contributed by atoms with Crippen molar-refractivity contribution in [2.75, 3.05) is 19.6 Å². The van der Waals surface area contributed by atoms with Crippen LogP contribution in [0.4, 0.5) is 0 Å². The average molecular weight is 388 g/mol. The van der Waals surface area contributed by atoms with E-state index < -0.39 is 0 Å². The predicted molar refractivity (Wildman–Crippen MR) is 109 cm³/mol. The molecule has 0 unspecified atom stereocenters. The van der Waals surface area contributed by atoms with Gasteiger partial charge >= 0.3 is 0 Å². The second-order valence-corrected chi connectivity index (χ2v) is 7.13. The van der Waals surface area contributed by atoms with Gasteiger partial charge in [-0.1, -0.05) is 18.2 Å². The van der Waals surface area contributed by atoms with E-state index in [9.17, 15) is 4.79 Å². The van der Waals surface area contributed by atoms with Crippen molar-refractivity contribution in [2.45, 2.75) is 19.3 Å². The number of para-hydroxylation sites is 1. The van der Waals surface area contributed by atoms with Crippen molar-refractivity contribution in [3.8, 4) is 0 Å². The summed E-state index contributed by atoms with van der Waals surface area (Å²) in [7, 11) is 1.91. The van der Waals surface area contributed by atoms with Gasteiger partial charge in [0.15, 0.2) is 0 Å². The Morgan fingerprint density at radius 1 is 1.33 bits per heavy atom. The third-order valence-electron chi connectivity index (χ3n) is 5.41. The number of nitrogens with one attached hydrogen (secondary N) is 3. The van der Waals surface area contributed by atoms with Gasteiger partial charge in [0.2, 0.25) is 5.91 Å². The third kappa shape index (κ3) is 3.87. The molecule has 0 radical (unpaired) electrons. The molecule has 2 aromatic heterocycles. The Labute approximate surface area is 165 Å². The van der Waals surface area contributed by atoms with Crippen LogP contribution < -0.4 is 10.6 Å². The Hall–Kier alpha value is -2.31. The maximum atomic E-state index is 12.7. The van der Waals surface area contributed by atoms with E-state index in [0.29, 0.717) is 6.54 Å². The minimum absolute atomic E-state index is 0.